The molecule has 4 aromatic heterocycles. The van der Waals surface area contributed by atoms with Gasteiger partial charge >= 0.3 is 0 Å². The Morgan fingerprint density at radius 1 is 1.29 bits per heavy atom. The van der Waals surface area contributed by atoms with E-state index >= 15 is 0 Å². The van der Waals surface area contributed by atoms with Gasteiger partial charge in [0, 0.05) is 42.7 Å². The van der Waals surface area contributed by atoms with E-state index in [0.717, 1.165) is 47.8 Å². The van der Waals surface area contributed by atoms with Crippen LogP contribution in [0.4, 0.5) is 10.3 Å². The first kappa shape index (κ1) is 23.2. The molecule has 3 N–H and O–H groups in total. The van der Waals surface area contributed by atoms with Crippen molar-refractivity contribution in [1.82, 2.24) is 29.9 Å². The maximum absolute atomic E-state index is 13.8. The van der Waals surface area contributed by atoms with Crippen LogP contribution < -0.4 is 10.6 Å². The zero-order chi connectivity index (χ0) is 24.6. The number of nitrogens with zero attached hydrogens (tertiary/aromatic N) is 4. The number of aromatic nitrogens is 5. The third-order valence-electron chi connectivity index (χ3n) is 6.52. The van der Waals surface area contributed by atoms with E-state index in [1.165, 1.54) is 20.0 Å². The van der Waals surface area contributed by atoms with E-state index in [0.29, 0.717) is 29.2 Å². The predicted molar refractivity (Wildman–Crippen MR) is 132 cm³/mol. The summed E-state index contributed by atoms with van der Waals surface area (Å²) < 4.78 is 20.9. The van der Waals surface area contributed by atoms with Crippen molar-refractivity contribution < 1.29 is 13.9 Å². The Bertz CT molecular complexity index is 1350. The zero-order valence-electron chi connectivity index (χ0n) is 20.1. The molecule has 10 heteroatoms. The second-order valence-corrected chi connectivity index (χ2v) is 9.72. The Balaban J connectivity index is 1.37. The first-order chi connectivity index (χ1) is 16.8. The Labute approximate surface area is 202 Å². The Morgan fingerprint density at radius 2 is 2.09 bits per heavy atom. The minimum absolute atomic E-state index is 0.0765. The van der Waals surface area contributed by atoms with Gasteiger partial charge in [0.2, 0.25) is 5.95 Å². The zero-order valence-corrected chi connectivity index (χ0v) is 20.1. The fourth-order valence-electron chi connectivity index (χ4n) is 4.55. The van der Waals surface area contributed by atoms with Gasteiger partial charge in [0.05, 0.1) is 29.9 Å². The van der Waals surface area contributed by atoms with E-state index in [9.17, 15) is 9.18 Å². The molecule has 35 heavy (non-hydrogen) atoms. The van der Waals surface area contributed by atoms with Gasteiger partial charge in [-0.1, -0.05) is 0 Å². The summed E-state index contributed by atoms with van der Waals surface area (Å²) in [7, 11) is 1.77. The van der Waals surface area contributed by atoms with Crippen LogP contribution in [0.3, 0.4) is 0 Å². The molecule has 4 heterocycles. The maximum Gasteiger partial charge on any atom is 0.255 e. The quantitative estimate of drug-likeness (QED) is 0.368. The Kier molecular flexibility index (Phi) is 6.14. The summed E-state index contributed by atoms with van der Waals surface area (Å²) >= 11 is 0. The number of nitrogens with one attached hydrogen (secondary N) is 3. The third-order valence-corrected chi connectivity index (χ3v) is 6.52. The van der Waals surface area contributed by atoms with E-state index in [4.69, 9.17) is 4.74 Å². The van der Waals surface area contributed by atoms with Crippen LogP contribution in [-0.2, 0) is 4.74 Å². The van der Waals surface area contributed by atoms with Gasteiger partial charge in [-0.25, -0.2) is 13.9 Å². The first-order valence-electron chi connectivity index (χ1n) is 11.9. The number of ether oxygens (including phenoxy) is 1. The van der Waals surface area contributed by atoms with Crippen LogP contribution in [0.15, 0.2) is 36.9 Å². The van der Waals surface area contributed by atoms with Crippen LogP contribution in [0.1, 0.15) is 49.9 Å². The highest BCUT2D eigenvalue weighted by Crippen LogP contribution is 2.30. The lowest BCUT2D eigenvalue weighted by Crippen LogP contribution is -2.35. The molecule has 184 valence electrons. The van der Waals surface area contributed by atoms with Crippen LogP contribution in [0, 0.1) is 0 Å². The molecule has 1 aliphatic rings. The van der Waals surface area contributed by atoms with Crippen molar-refractivity contribution in [3.8, 4) is 11.1 Å². The highest BCUT2D eigenvalue weighted by atomic mass is 19.1. The Morgan fingerprint density at radius 3 is 2.83 bits per heavy atom. The lowest BCUT2D eigenvalue weighted by molar-refractivity contribution is 0.0681. The maximum atomic E-state index is 13.8. The van der Waals surface area contributed by atoms with Crippen molar-refractivity contribution >= 4 is 28.4 Å². The number of methoxy groups -OCH3 is 1. The molecule has 9 nitrogen and oxygen atoms in total. The molecule has 1 saturated carbocycles. The van der Waals surface area contributed by atoms with Crippen molar-refractivity contribution in [3.63, 3.8) is 0 Å². The summed E-state index contributed by atoms with van der Waals surface area (Å²) in [4.78, 5) is 25.1. The number of hydrogen-bond donors (Lipinski definition) is 3. The highest BCUT2D eigenvalue weighted by molar-refractivity contribution is 6.02. The number of H-pyrrole nitrogens is 1. The second kappa shape index (κ2) is 9.26. The van der Waals surface area contributed by atoms with Crippen LogP contribution in [0.25, 0.3) is 27.7 Å². The van der Waals surface area contributed by atoms with Crippen molar-refractivity contribution in [1.29, 1.82) is 0 Å². The Hall–Kier alpha value is -3.53. The molecule has 0 atom stereocenters. The minimum atomic E-state index is -1.50. The van der Waals surface area contributed by atoms with Crippen LogP contribution in [0.5, 0.6) is 0 Å². The number of anilines is 1. The summed E-state index contributed by atoms with van der Waals surface area (Å²) in [5, 5.41) is 11.2. The smallest absolute Gasteiger partial charge is 0.255 e. The molecule has 1 fully saturated rings. The molecule has 1 aliphatic carbocycles. The third kappa shape index (κ3) is 4.97. The molecule has 0 bridgehead atoms. The molecule has 1 amide bonds. The summed E-state index contributed by atoms with van der Waals surface area (Å²) in [5.41, 5.74) is 2.09. The van der Waals surface area contributed by atoms with E-state index in [1.807, 2.05) is 24.5 Å². The molecular weight excluding hydrogens is 449 g/mol. The number of alkyl halides is 1. The van der Waals surface area contributed by atoms with E-state index in [1.54, 1.807) is 17.8 Å². The lowest BCUT2D eigenvalue weighted by Gasteiger charge is -2.28. The average Bonchev–Trinajstić information content (AvgIpc) is 3.46. The number of amides is 1. The van der Waals surface area contributed by atoms with Crippen molar-refractivity contribution in [3.05, 3.63) is 42.5 Å². The van der Waals surface area contributed by atoms with Crippen LogP contribution in [0.2, 0.25) is 0 Å². The van der Waals surface area contributed by atoms with Crippen LogP contribution in [-0.4, -0.2) is 61.9 Å². The summed E-state index contributed by atoms with van der Waals surface area (Å²) in [6.45, 7) is 2.77. The highest BCUT2D eigenvalue weighted by Gasteiger charge is 2.22. The fourth-order valence-corrected chi connectivity index (χ4v) is 4.55. The van der Waals surface area contributed by atoms with Crippen molar-refractivity contribution in [2.24, 2.45) is 0 Å². The molecule has 0 spiro atoms. The monoisotopic (exact) mass is 479 g/mol. The molecular formula is C25H30FN7O2. The molecule has 0 aromatic carbocycles. The average molecular weight is 480 g/mol. The van der Waals surface area contributed by atoms with Gasteiger partial charge in [0.1, 0.15) is 11.3 Å². The minimum Gasteiger partial charge on any atom is -0.381 e. The fraction of sp³-hybridized carbons (Fsp3) is 0.440. The van der Waals surface area contributed by atoms with Gasteiger partial charge in [0.15, 0.2) is 0 Å². The SMILES string of the molecule is COC1CCC(Nc2ncc3c(-c4ccn5ncc(C(=O)NCC(C)(C)F)c5c4)c[nH]c3n2)CC1. The number of fused-ring (bicyclic) bond motifs is 2. The molecule has 0 saturated heterocycles. The number of carbonyl (C=O) groups excluding carboxylic acids is 1. The largest absolute Gasteiger partial charge is 0.381 e. The number of carbonyl (C=O) groups is 1. The van der Waals surface area contributed by atoms with E-state index in [2.05, 4.69) is 30.7 Å². The topological polar surface area (TPSA) is 109 Å². The number of aromatic amines is 1. The summed E-state index contributed by atoms with van der Waals surface area (Å²) in [5.74, 6) is 0.244. The van der Waals surface area contributed by atoms with E-state index in [-0.39, 0.29) is 12.5 Å². The van der Waals surface area contributed by atoms with Gasteiger partial charge in [-0.15, -0.1) is 0 Å². The second-order valence-electron chi connectivity index (χ2n) is 9.72. The van der Waals surface area contributed by atoms with Crippen molar-refractivity contribution in [2.75, 3.05) is 19.0 Å². The molecule has 0 radical (unpaired) electrons. The molecule has 0 unspecified atom stereocenters. The molecule has 4 aromatic rings. The first-order valence-corrected chi connectivity index (χ1v) is 11.9. The number of pyridine rings is 1. The number of rotatable bonds is 7. The number of halogens is 1. The van der Waals surface area contributed by atoms with E-state index < -0.39 is 5.67 Å². The molecule has 5 rings (SSSR count). The van der Waals surface area contributed by atoms with Gasteiger partial charge in [0.25, 0.3) is 5.91 Å². The van der Waals surface area contributed by atoms with Crippen LogP contribution >= 0.6 is 0 Å². The van der Waals surface area contributed by atoms with Gasteiger partial charge in [-0.05, 0) is 57.2 Å². The summed E-state index contributed by atoms with van der Waals surface area (Å²) in [6, 6.07) is 4.16. The lowest BCUT2D eigenvalue weighted by atomic mass is 9.93. The van der Waals surface area contributed by atoms with Gasteiger partial charge in [-0.3, -0.25) is 4.79 Å². The predicted octanol–water partition coefficient (Wildman–Crippen LogP) is 4.12. The number of hydrogen-bond acceptors (Lipinski definition) is 6. The standard InChI is InChI=1S/C25H30FN7O2/c1-25(2,26)14-29-23(34)20-13-30-33-9-8-15(10-21(20)33)18-11-27-22-19(18)12-28-24(32-22)31-16-4-6-17(35-3)7-5-16/h8-13,16-17H,4-7,14H2,1-3H3,(H,29,34)(H2,27,28,31,32). The van der Waals surface area contributed by atoms with Gasteiger partial charge < -0.3 is 20.4 Å². The van der Waals surface area contributed by atoms with Gasteiger partial charge in [-0.2, -0.15) is 10.1 Å². The summed E-state index contributed by atoms with van der Waals surface area (Å²) in [6.07, 6.45) is 11.5. The molecule has 0 aliphatic heterocycles. The normalized spacial score (nSPS) is 18.7. The van der Waals surface area contributed by atoms with Crippen molar-refractivity contribution in [2.45, 2.75) is 57.3 Å².